The molecule has 3 aromatic rings. The first-order chi connectivity index (χ1) is 9.42. The molecule has 92 valence electrons. The monoisotopic (exact) mass is 246 g/mol. The Morgan fingerprint density at radius 1 is 1.00 bits per heavy atom. The Hall–Kier alpha value is -2.19. The van der Waals surface area contributed by atoms with Crippen LogP contribution in [0, 0.1) is 0 Å². The molecule has 1 aromatic heterocycles. The van der Waals surface area contributed by atoms with Gasteiger partial charge in [-0.3, -0.25) is 4.98 Å². The zero-order valence-electron chi connectivity index (χ0n) is 10.5. The van der Waals surface area contributed by atoms with Gasteiger partial charge in [0.05, 0.1) is 11.6 Å². The van der Waals surface area contributed by atoms with Gasteiger partial charge >= 0.3 is 0 Å². The standard InChI is InChI=1S/C17H14N2/c1-2-6-15-14(4-1)11-19-17(15)13-7-8-16-12(10-13)5-3-9-18-16/h1-10,17,19H,11H2. The van der Waals surface area contributed by atoms with Crippen LogP contribution in [0.2, 0.25) is 0 Å². The summed E-state index contributed by atoms with van der Waals surface area (Å²) in [7, 11) is 0. The van der Waals surface area contributed by atoms with E-state index < -0.39 is 0 Å². The van der Waals surface area contributed by atoms with Gasteiger partial charge in [0.15, 0.2) is 0 Å². The maximum Gasteiger partial charge on any atom is 0.0702 e. The van der Waals surface area contributed by atoms with Crippen molar-refractivity contribution >= 4 is 10.9 Å². The molecule has 0 aliphatic carbocycles. The fraction of sp³-hybridized carbons (Fsp3) is 0.118. The second-order valence-corrected chi connectivity index (χ2v) is 4.97. The lowest BCUT2D eigenvalue weighted by molar-refractivity contribution is 0.668. The van der Waals surface area contributed by atoms with E-state index in [1.54, 1.807) is 0 Å². The predicted molar refractivity (Wildman–Crippen MR) is 76.9 cm³/mol. The molecule has 1 unspecified atom stereocenters. The highest BCUT2D eigenvalue weighted by Crippen LogP contribution is 2.31. The van der Waals surface area contributed by atoms with E-state index in [2.05, 4.69) is 58.8 Å². The zero-order valence-corrected chi connectivity index (χ0v) is 10.5. The molecule has 0 amide bonds. The zero-order chi connectivity index (χ0) is 12.7. The Bertz CT molecular complexity index is 749. The molecule has 0 saturated carbocycles. The van der Waals surface area contributed by atoms with Crippen LogP contribution in [0.15, 0.2) is 60.8 Å². The third kappa shape index (κ3) is 1.72. The third-order valence-corrected chi connectivity index (χ3v) is 3.82. The van der Waals surface area contributed by atoms with Crippen molar-refractivity contribution in [3.8, 4) is 0 Å². The molecular formula is C17H14N2. The molecule has 1 N–H and O–H groups in total. The van der Waals surface area contributed by atoms with Crippen molar-refractivity contribution in [2.45, 2.75) is 12.6 Å². The Morgan fingerprint density at radius 2 is 1.95 bits per heavy atom. The average Bonchev–Trinajstić information content (AvgIpc) is 2.91. The van der Waals surface area contributed by atoms with Crippen LogP contribution in [0.3, 0.4) is 0 Å². The predicted octanol–water partition coefficient (Wildman–Crippen LogP) is 3.43. The van der Waals surface area contributed by atoms with Crippen molar-refractivity contribution in [2.24, 2.45) is 0 Å². The van der Waals surface area contributed by atoms with E-state index >= 15 is 0 Å². The highest BCUT2D eigenvalue weighted by Gasteiger charge is 2.22. The minimum absolute atomic E-state index is 0.306. The van der Waals surface area contributed by atoms with Gasteiger partial charge < -0.3 is 5.32 Å². The SMILES string of the molecule is c1ccc2c(c1)CNC2c1ccc2ncccc2c1. The first kappa shape index (κ1) is 10.7. The van der Waals surface area contributed by atoms with E-state index in [0.29, 0.717) is 6.04 Å². The van der Waals surface area contributed by atoms with Gasteiger partial charge in [-0.15, -0.1) is 0 Å². The van der Waals surface area contributed by atoms with E-state index in [0.717, 1.165) is 12.1 Å². The van der Waals surface area contributed by atoms with Crippen molar-refractivity contribution in [1.29, 1.82) is 0 Å². The van der Waals surface area contributed by atoms with Gasteiger partial charge in [0, 0.05) is 18.1 Å². The van der Waals surface area contributed by atoms with Crippen LogP contribution in [0.25, 0.3) is 10.9 Å². The summed E-state index contributed by atoms with van der Waals surface area (Å²) in [6, 6.07) is 19.6. The fourth-order valence-corrected chi connectivity index (χ4v) is 2.87. The number of pyridine rings is 1. The largest absolute Gasteiger partial charge is 0.302 e. The van der Waals surface area contributed by atoms with E-state index in [1.165, 1.54) is 22.1 Å². The van der Waals surface area contributed by atoms with Gasteiger partial charge in [0.1, 0.15) is 0 Å². The van der Waals surface area contributed by atoms with Crippen molar-refractivity contribution in [3.05, 3.63) is 77.5 Å². The van der Waals surface area contributed by atoms with Crippen LogP contribution in [0.5, 0.6) is 0 Å². The van der Waals surface area contributed by atoms with E-state index in [9.17, 15) is 0 Å². The lowest BCUT2D eigenvalue weighted by atomic mass is 9.97. The summed E-state index contributed by atoms with van der Waals surface area (Å²) in [4.78, 5) is 4.37. The summed E-state index contributed by atoms with van der Waals surface area (Å²) in [6.45, 7) is 0.950. The number of rotatable bonds is 1. The van der Waals surface area contributed by atoms with Crippen LogP contribution in [-0.2, 0) is 6.54 Å². The topological polar surface area (TPSA) is 24.9 Å². The van der Waals surface area contributed by atoms with Crippen molar-refractivity contribution in [1.82, 2.24) is 10.3 Å². The molecule has 2 heteroatoms. The molecule has 2 aromatic carbocycles. The summed E-state index contributed by atoms with van der Waals surface area (Å²) in [5, 5.41) is 4.78. The quantitative estimate of drug-likeness (QED) is 0.711. The number of benzene rings is 2. The third-order valence-electron chi connectivity index (χ3n) is 3.82. The second kappa shape index (κ2) is 4.18. The first-order valence-electron chi connectivity index (χ1n) is 6.58. The molecule has 0 bridgehead atoms. The van der Waals surface area contributed by atoms with E-state index in [4.69, 9.17) is 0 Å². The molecule has 4 rings (SSSR count). The summed E-state index contributed by atoms with van der Waals surface area (Å²) in [6.07, 6.45) is 1.84. The van der Waals surface area contributed by atoms with Crippen LogP contribution >= 0.6 is 0 Å². The van der Waals surface area contributed by atoms with Crippen molar-refractivity contribution in [3.63, 3.8) is 0 Å². The lowest BCUT2D eigenvalue weighted by Gasteiger charge is -2.13. The minimum atomic E-state index is 0.306. The molecule has 1 aliphatic rings. The summed E-state index contributed by atoms with van der Waals surface area (Å²) in [5.74, 6) is 0. The number of nitrogens with one attached hydrogen (secondary N) is 1. The molecule has 1 atom stereocenters. The van der Waals surface area contributed by atoms with Crippen LogP contribution in [-0.4, -0.2) is 4.98 Å². The number of aromatic nitrogens is 1. The van der Waals surface area contributed by atoms with Crippen molar-refractivity contribution < 1.29 is 0 Å². The van der Waals surface area contributed by atoms with Gasteiger partial charge in [-0.1, -0.05) is 36.4 Å². The molecule has 0 radical (unpaired) electrons. The van der Waals surface area contributed by atoms with Crippen LogP contribution < -0.4 is 5.32 Å². The minimum Gasteiger partial charge on any atom is -0.302 e. The smallest absolute Gasteiger partial charge is 0.0702 e. The Morgan fingerprint density at radius 3 is 2.95 bits per heavy atom. The highest BCUT2D eigenvalue weighted by molar-refractivity contribution is 5.79. The number of hydrogen-bond donors (Lipinski definition) is 1. The van der Waals surface area contributed by atoms with Gasteiger partial charge in [0.25, 0.3) is 0 Å². The van der Waals surface area contributed by atoms with Gasteiger partial charge in [-0.25, -0.2) is 0 Å². The molecule has 0 fully saturated rings. The van der Waals surface area contributed by atoms with Gasteiger partial charge in [0.2, 0.25) is 0 Å². The molecular weight excluding hydrogens is 232 g/mol. The summed E-state index contributed by atoms with van der Waals surface area (Å²) < 4.78 is 0. The molecule has 0 saturated heterocycles. The first-order valence-corrected chi connectivity index (χ1v) is 6.58. The molecule has 2 nitrogen and oxygen atoms in total. The normalized spacial score (nSPS) is 17.6. The van der Waals surface area contributed by atoms with Crippen LogP contribution in [0.1, 0.15) is 22.7 Å². The van der Waals surface area contributed by atoms with E-state index in [1.807, 2.05) is 12.3 Å². The summed E-state index contributed by atoms with van der Waals surface area (Å²) >= 11 is 0. The lowest BCUT2D eigenvalue weighted by Crippen LogP contribution is -2.13. The van der Waals surface area contributed by atoms with Crippen molar-refractivity contribution in [2.75, 3.05) is 0 Å². The maximum absolute atomic E-state index is 4.37. The fourth-order valence-electron chi connectivity index (χ4n) is 2.87. The molecule has 1 aliphatic heterocycles. The van der Waals surface area contributed by atoms with E-state index in [-0.39, 0.29) is 0 Å². The molecule has 0 spiro atoms. The number of fused-ring (bicyclic) bond motifs is 2. The molecule has 2 heterocycles. The molecule has 19 heavy (non-hydrogen) atoms. The maximum atomic E-state index is 4.37. The second-order valence-electron chi connectivity index (χ2n) is 4.97. The van der Waals surface area contributed by atoms with Gasteiger partial charge in [-0.2, -0.15) is 0 Å². The number of hydrogen-bond acceptors (Lipinski definition) is 2. The number of nitrogens with zero attached hydrogens (tertiary/aromatic N) is 1. The van der Waals surface area contributed by atoms with Gasteiger partial charge in [-0.05, 0) is 34.9 Å². The highest BCUT2D eigenvalue weighted by atomic mass is 14.9. The Labute approximate surface area is 112 Å². The average molecular weight is 246 g/mol. The Balaban J connectivity index is 1.83. The summed E-state index contributed by atoms with van der Waals surface area (Å²) in [5.41, 5.74) is 5.16. The Kier molecular flexibility index (Phi) is 2.35. The van der Waals surface area contributed by atoms with Crippen LogP contribution in [0.4, 0.5) is 0 Å².